The van der Waals surface area contributed by atoms with Gasteiger partial charge in [0.05, 0.1) is 11.4 Å². The summed E-state index contributed by atoms with van der Waals surface area (Å²) in [5, 5.41) is 10.4. The van der Waals surface area contributed by atoms with Crippen molar-refractivity contribution in [1.82, 2.24) is 9.55 Å². The van der Waals surface area contributed by atoms with Crippen molar-refractivity contribution in [3.8, 4) is 5.69 Å². The van der Waals surface area contributed by atoms with Gasteiger partial charge in [0.2, 0.25) is 0 Å². The molecule has 0 fully saturated rings. The zero-order valence-corrected chi connectivity index (χ0v) is 14.9. The van der Waals surface area contributed by atoms with E-state index in [2.05, 4.69) is 10.3 Å². The second-order valence-corrected chi connectivity index (χ2v) is 6.46. The molecular formula is C19H17FN4OS. The highest BCUT2D eigenvalue weighted by Gasteiger charge is 2.16. The molecule has 0 amide bonds. The highest BCUT2D eigenvalue weighted by molar-refractivity contribution is 7.98. The van der Waals surface area contributed by atoms with Gasteiger partial charge in [0.15, 0.2) is 0 Å². The first-order valence-corrected chi connectivity index (χ1v) is 8.90. The quantitative estimate of drug-likeness (QED) is 0.514. The maximum Gasteiger partial charge on any atom is 0.269 e. The van der Waals surface area contributed by atoms with Gasteiger partial charge < -0.3 is 10.7 Å². The van der Waals surface area contributed by atoms with Gasteiger partial charge in [-0.05, 0) is 30.3 Å². The van der Waals surface area contributed by atoms with Crippen LogP contribution in [0.25, 0.3) is 5.69 Å². The molecule has 0 bridgehead atoms. The second-order valence-electron chi connectivity index (χ2n) is 5.41. The van der Waals surface area contributed by atoms with Crippen molar-refractivity contribution in [3.63, 3.8) is 0 Å². The molecule has 0 radical (unpaired) electrons. The topological polar surface area (TPSA) is 70.8 Å². The van der Waals surface area contributed by atoms with E-state index in [0.717, 1.165) is 11.1 Å². The standard InChI is InChI=1S/C19H17FN4OS/c1-22-18-16(11-21)19(25)24(14-7-3-2-4-8-14)17(23-18)12-26-15-9-5-6-13(20)10-15/h2-11,21-22H,12H2,1H3. The van der Waals surface area contributed by atoms with Gasteiger partial charge >= 0.3 is 0 Å². The van der Waals surface area contributed by atoms with Gasteiger partial charge in [-0.3, -0.25) is 9.36 Å². The zero-order valence-electron chi connectivity index (χ0n) is 14.1. The van der Waals surface area contributed by atoms with Gasteiger partial charge in [-0.25, -0.2) is 9.37 Å². The lowest BCUT2D eigenvalue weighted by molar-refractivity contribution is 0.624. The van der Waals surface area contributed by atoms with Crippen molar-refractivity contribution in [2.24, 2.45) is 0 Å². The lowest BCUT2D eigenvalue weighted by atomic mass is 10.2. The molecule has 0 unspecified atom stereocenters. The third-order valence-corrected chi connectivity index (χ3v) is 4.74. The smallest absolute Gasteiger partial charge is 0.269 e. The molecule has 1 aromatic heterocycles. The average Bonchev–Trinajstić information content (AvgIpc) is 2.66. The zero-order chi connectivity index (χ0) is 18.5. The molecule has 5 nitrogen and oxygen atoms in total. The van der Waals surface area contributed by atoms with E-state index in [1.165, 1.54) is 28.5 Å². The first-order chi connectivity index (χ1) is 12.6. The highest BCUT2D eigenvalue weighted by Crippen LogP contribution is 2.24. The normalized spacial score (nSPS) is 10.5. The summed E-state index contributed by atoms with van der Waals surface area (Å²) in [7, 11) is 1.66. The van der Waals surface area contributed by atoms with Gasteiger partial charge in [-0.1, -0.05) is 24.3 Å². The predicted octanol–water partition coefficient (Wildman–Crippen LogP) is 3.70. The number of nitrogens with one attached hydrogen (secondary N) is 2. The molecule has 0 saturated heterocycles. The van der Waals surface area contributed by atoms with E-state index in [9.17, 15) is 9.18 Å². The van der Waals surface area contributed by atoms with Crippen LogP contribution >= 0.6 is 11.8 Å². The Morgan fingerprint density at radius 1 is 1.23 bits per heavy atom. The number of para-hydroxylation sites is 1. The van der Waals surface area contributed by atoms with E-state index >= 15 is 0 Å². The van der Waals surface area contributed by atoms with Crippen molar-refractivity contribution in [3.05, 3.63) is 82.2 Å². The molecule has 0 aliphatic carbocycles. The van der Waals surface area contributed by atoms with E-state index in [0.29, 0.717) is 23.1 Å². The molecule has 0 aliphatic rings. The van der Waals surface area contributed by atoms with Crippen LogP contribution in [-0.4, -0.2) is 22.8 Å². The van der Waals surface area contributed by atoms with Crippen LogP contribution in [0.1, 0.15) is 11.4 Å². The summed E-state index contributed by atoms with van der Waals surface area (Å²) in [5.41, 5.74) is 0.543. The third kappa shape index (κ3) is 3.67. The van der Waals surface area contributed by atoms with Crippen LogP contribution in [-0.2, 0) is 5.75 Å². The van der Waals surface area contributed by atoms with Gasteiger partial charge in [-0.15, -0.1) is 11.8 Å². The van der Waals surface area contributed by atoms with Gasteiger partial charge in [0.25, 0.3) is 5.56 Å². The second kappa shape index (κ2) is 7.97. The Hall–Kier alpha value is -2.93. The fraction of sp³-hybridized carbons (Fsp3) is 0.105. The predicted molar refractivity (Wildman–Crippen MR) is 103 cm³/mol. The summed E-state index contributed by atoms with van der Waals surface area (Å²) in [4.78, 5) is 18.2. The number of thioether (sulfide) groups is 1. The Labute approximate surface area is 154 Å². The number of hydrogen-bond donors (Lipinski definition) is 2. The highest BCUT2D eigenvalue weighted by atomic mass is 32.2. The Balaban J connectivity index is 2.09. The first kappa shape index (κ1) is 17.9. The largest absolute Gasteiger partial charge is 0.372 e. The van der Waals surface area contributed by atoms with Gasteiger partial charge in [0, 0.05) is 18.2 Å². The van der Waals surface area contributed by atoms with E-state index in [-0.39, 0.29) is 16.9 Å². The number of benzene rings is 2. The molecule has 2 N–H and O–H groups in total. The van der Waals surface area contributed by atoms with E-state index in [4.69, 9.17) is 5.41 Å². The number of nitrogens with zero attached hydrogens (tertiary/aromatic N) is 2. The molecule has 0 aliphatic heterocycles. The van der Waals surface area contributed by atoms with Crippen LogP contribution < -0.4 is 10.9 Å². The monoisotopic (exact) mass is 368 g/mol. The molecule has 132 valence electrons. The van der Waals surface area contributed by atoms with E-state index in [1.54, 1.807) is 13.1 Å². The molecule has 0 atom stereocenters. The van der Waals surface area contributed by atoms with Crippen molar-refractivity contribution in [2.75, 3.05) is 12.4 Å². The minimum Gasteiger partial charge on any atom is -0.372 e. The third-order valence-electron chi connectivity index (χ3n) is 3.75. The molecular weight excluding hydrogens is 351 g/mol. The molecule has 1 heterocycles. The van der Waals surface area contributed by atoms with Crippen LogP contribution in [0.4, 0.5) is 10.2 Å². The summed E-state index contributed by atoms with van der Waals surface area (Å²) in [5.74, 6) is 0.941. The number of halogens is 1. The summed E-state index contributed by atoms with van der Waals surface area (Å²) in [6, 6.07) is 15.4. The number of hydrogen-bond acceptors (Lipinski definition) is 5. The maximum absolute atomic E-state index is 13.4. The maximum atomic E-state index is 13.4. The summed E-state index contributed by atoms with van der Waals surface area (Å²) < 4.78 is 14.9. The minimum absolute atomic E-state index is 0.191. The van der Waals surface area contributed by atoms with Crippen LogP contribution in [0.15, 0.2) is 64.3 Å². The lowest BCUT2D eigenvalue weighted by Crippen LogP contribution is -2.28. The first-order valence-electron chi connectivity index (χ1n) is 7.92. The molecule has 3 aromatic rings. The fourth-order valence-electron chi connectivity index (χ4n) is 2.54. The van der Waals surface area contributed by atoms with Gasteiger partial charge in [-0.2, -0.15) is 0 Å². The van der Waals surface area contributed by atoms with Crippen LogP contribution in [0.2, 0.25) is 0 Å². The average molecular weight is 368 g/mol. The SMILES string of the molecule is CNc1nc(CSc2cccc(F)c2)n(-c2ccccc2)c(=O)c1C=N. The summed E-state index contributed by atoms with van der Waals surface area (Å²) in [6.07, 6.45) is 1.00. The molecule has 0 spiro atoms. The Bertz CT molecular complexity index is 989. The molecule has 7 heteroatoms. The Morgan fingerprint density at radius 3 is 2.65 bits per heavy atom. The molecule has 26 heavy (non-hydrogen) atoms. The van der Waals surface area contributed by atoms with E-state index < -0.39 is 0 Å². The fourth-order valence-corrected chi connectivity index (χ4v) is 3.40. The van der Waals surface area contributed by atoms with Crippen molar-refractivity contribution < 1.29 is 4.39 Å². The van der Waals surface area contributed by atoms with Crippen LogP contribution in [0, 0.1) is 11.2 Å². The minimum atomic E-state index is -0.319. The molecule has 0 saturated carbocycles. The summed E-state index contributed by atoms with van der Waals surface area (Å²) >= 11 is 1.39. The van der Waals surface area contributed by atoms with Crippen molar-refractivity contribution in [1.29, 1.82) is 5.41 Å². The molecule has 3 rings (SSSR count). The van der Waals surface area contributed by atoms with Gasteiger partial charge in [0.1, 0.15) is 23.0 Å². The van der Waals surface area contributed by atoms with Crippen LogP contribution in [0.5, 0.6) is 0 Å². The van der Waals surface area contributed by atoms with Crippen molar-refractivity contribution in [2.45, 2.75) is 10.6 Å². The van der Waals surface area contributed by atoms with E-state index in [1.807, 2.05) is 36.4 Å². The Morgan fingerprint density at radius 2 is 2.00 bits per heavy atom. The number of anilines is 1. The van der Waals surface area contributed by atoms with Crippen LogP contribution in [0.3, 0.4) is 0 Å². The summed E-state index contributed by atoms with van der Waals surface area (Å²) in [6.45, 7) is 0. The lowest BCUT2D eigenvalue weighted by Gasteiger charge is -2.15. The number of aromatic nitrogens is 2. The van der Waals surface area contributed by atoms with Crippen molar-refractivity contribution >= 4 is 23.8 Å². The Kier molecular flexibility index (Phi) is 5.48. The molecule has 2 aromatic carbocycles. The number of rotatable bonds is 6.